The first kappa shape index (κ1) is 15.5. The van der Waals surface area contributed by atoms with Gasteiger partial charge in [-0.15, -0.1) is 0 Å². The lowest BCUT2D eigenvalue weighted by molar-refractivity contribution is 0.0724. The van der Waals surface area contributed by atoms with E-state index < -0.39 is 0 Å². The standard InChI is InChI=1S/C18H21N3O2/c1-12(2)23-10-9-21-17(14-7-5-4-6-8-14)20-16-15(18(21)22)11-13(3)19-16/h4-8,11-12,19H,9-10H2,1-3H3. The fraction of sp³-hybridized carbons (Fsp3) is 0.333. The Morgan fingerprint density at radius 2 is 2.00 bits per heavy atom. The second kappa shape index (κ2) is 6.38. The number of nitrogens with zero attached hydrogens (tertiary/aromatic N) is 2. The fourth-order valence-corrected chi connectivity index (χ4v) is 2.63. The number of hydrogen-bond acceptors (Lipinski definition) is 3. The quantitative estimate of drug-likeness (QED) is 0.787. The number of aromatic amines is 1. The minimum absolute atomic E-state index is 0.0365. The van der Waals surface area contributed by atoms with Gasteiger partial charge in [-0.05, 0) is 26.8 Å². The van der Waals surface area contributed by atoms with Gasteiger partial charge in [0.25, 0.3) is 5.56 Å². The Hall–Kier alpha value is -2.40. The monoisotopic (exact) mass is 311 g/mol. The van der Waals surface area contributed by atoms with Crippen LogP contribution in [0.2, 0.25) is 0 Å². The molecule has 0 radical (unpaired) electrons. The zero-order valence-electron chi connectivity index (χ0n) is 13.7. The highest BCUT2D eigenvalue weighted by Gasteiger charge is 2.14. The van der Waals surface area contributed by atoms with Crippen LogP contribution in [0.15, 0.2) is 41.2 Å². The van der Waals surface area contributed by atoms with E-state index in [1.54, 1.807) is 4.57 Å². The van der Waals surface area contributed by atoms with E-state index in [1.807, 2.05) is 57.2 Å². The van der Waals surface area contributed by atoms with Crippen molar-refractivity contribution in [2.75, 3.05) is 6.61 Å². The summed E-state index contributed by atoms with van der Waals surface area (Å²) < 4.78 is 7.32. The molecule has 0 unspecified atom stereocenters. The highest BCUT2D eigenvalue weighted by atomic mass is 16.5. The summed E-state index contributed by atoms with van der Waals surface area (Å²) in [4.78, 5) is 20.7. The lowest BCUT2D eigenvalue weighted by Gasteiger charge is -2.14. The summed E-state index contributed by atoms with van der Waals surface area (Å²) in [5, 5.41) is 0.617. The van der Waals surface area contributed by atoms with E-state index in [0.29, 0.717) is 30.0 Å². The van der Waals surface area contributed by atoms with Crippen LogP contribution in [0, 0.1) is 6.92 Å². The average Bonchev–Trinajstić information content (AvgIpc) is 2.91. The van der Waals surface area contributed by atoms with Crippen LogP contribution in [0.1, 0.15) is 19.5 Å². The molecule has 0 aliphatic heterocycles. The lowest BCUT2D eigenvalue weighted by Crippen LogP contribution is -2.26. The zero-order chi connectivity index (χ0) is 16.4. The first-order valence-electron chi connectivity index (χ1n) is 7.83. The molecule has 0 saturated carbocycles. The van der Waals surface area contributed by atoms with Crippen molar-refractivity contribution in [3.63, 3.8) is 0 Å². The van der Waals surface area contributed by atoms with Crippen molar-refractivity contribution in [1.82, 2.24) is 14.5 Å². The summed E-state index contributed by atoms with van der Waals surface area (Å²) in [6.07, 6.45) is 0.136. The van der Waals surface area contributed by atoms with E-state index in [0.717, 1.165) is 11.3 Å². The van der Waals surface area contributed by atoms with Crippen LogP contribution < -0.4 is 5.56 Å². The van der Waals surface area contributed by atoms with Crippen LogP contribution in [0.3, 0.4) is 0 Å². The van der Waals surface area contributed by atoms with Gasteiger partial charge in [0.15, 0.2) is 0 Å². The van der Waals surface area contributed by atoms with Gasteiger partial charge in [0.1, 0.15) is 11.5 Å². The number of hydrogen-bond donors (Lipinski definition) is 1. The van der Waals surface area contributed by atoms with Crippen molar-refractivity contribution in [3.8, 4) is 11.4 Å². The van der Waals surface area contributed by atoms with Gasteiger partial charge in [0, 0.05) is 11.3 Å². The molecule has 3 aromatic rings. The largest absolute Gasteiger partial charge is 0.377 e. The topological polar surface area (TPSA) is 59.9 Å². The predicted molar refractivity (Wildman–Crippen MR) is 91.6 cm³/mol. The average molecular weight is 311 g/mol. The minimum atomic E-state index is -0.0365. The summed E-state index contributed by atoms with van der Waals surface area (Å²) in [5.41, 5.74) is 2.45. The van der Waals surface area contributed by atoms with Crippen molar-refractivity contribution in [2.24, 2.45) is 0 Å². The van der Waals surface area contributed by atoms with Gasteiger partial charge < -0.3 is 9.72 Å². The number of aryl methyl sites for hydroxylation is 1. The predicted octanol–water partition coefficient (Wildman–Crippen LogP) is 3.13. The molecule has 2 aromatic heterocycles. The van der Waals surface area contributed by atoms with Crippen LogP contribution in [0.4, 0.5) is 0 Å². The molecule has 0 atom stereocenters. The summed E-state index contributed by atoms with van der Waals surface area (Å²) >= 11 is 0. The van der Waals surface area contributed by atoms with Crippen LogP contribution in [-0.4, -0.2) is 27.2 Å². The first-order valence-corrected chi connectivity index (χ1v) is 7.83. The Kier molecular flexibility index (Phi) is 4.30. The van der Waals surface area contributed by atoms with Crippen molar-refractivity contribution >= 4 is 11.0 Å². The molecule has 23 heavy (non-hydrogen) atoms. The van der Waals surface area contributed by atoms with E-state index in [9.17, 15) is 4.79 Å². The zero-order valence-corrected chi connectivity index (χ0v) is 13.7. The second-order valence-electron chi connectivity index (χ2n) is 5.89. The van der Waals surface area contributed by atoms with E-state index in [1.165, 1.54) is 0 Å². The van der Waals surface area contributed by atoms with Gasteiger partial charge in [-0.25, -0.2) is 4.98 Å². The molecule has 0 aliphatic carbocycles. The summed E-state index contributed by atoms with van der Waals surface area (Å²) in [6.45, 7) is 6.85. The molecule has 0 fully saturated rings. The summed E-state index contributed by atoms with van der Waals surface area (Å²) in [5.74, 6) is 0.664. The maximum absolute atomic E-state index is 12.9. The van der Waals surface area contributed by atoms with Gasteiger partial charge in [0.05, 0.1) is 24.6 Å². The summed E-state index contributed by atoms with van der Waals surface area (Å²) in [7, 11) is 0. The van der Waals surface area contributed by atoms with Gasteiger partial charge in [-0.2, -0.15) is 0 Å². The minimum Gasteiger partial charge on any atom is -0.377 e. The molecule has 0 amide bonds. The van der Waals surface area contributed by atoms with Crippen LogP contribution in [0.5, 0.6) is 0 Å². The summed E-state index contributed by atoms with van der Waals surface area (Å²) in [6, 6.07) is 11.6. The third-order valence-electron chi connectivity index (χ3n) is 3.68. The van der Waals surface area contributed by atoms with Gasteiger partial charge >= 0.3 is 0 Å². The molecule has 5 heteroatoms. The molecule has 5 nitrogen and oxygen atoms in total. The molecule has 0 spiro atoms. The Morgan fingerprint density at radius 1 is 1.26 bits per heavy atom. The maximum Gasteiger partial charge on any atom is 0.263 e. The molecule has 0 saturated heterocycles. The molecule has 0 aliphatic rings. The van der Waals surface area contributed by atoms with Gasteiger partial charge in [-0.1, -0.05) is 30.3 Å². The molecule has 120 valence electrons. The van der Waals surface area contributed by atoms with Crippen LogP contribution in [0.25, 0.3) is 22.4 Å². The highest BCUT2D eigenvalue weighted by molar-refractivity contribution is 5.77. The SMILES string of the molecule is Cc1cc2c(=O)n(CCOC(C)C)c(-c3ccccc3)nc2[nH]1. The Morgan fingerprint density at radius 3 is 2.70 bits per heavy atom. The van der Waals surface area contributed by atoms with E-state index in [-0.39, 0.29) is 11.7 Å². The third-order valence-corrected chi connectivity index (χ3v) is 3.68. The van der Waals surface area contributed by atoms with Crippen molar-refractivity contribution in [3.05, 3.63) is 52.4 Å². The van der Waals surface area contributed by atoms with Crippen LogP contribution >= 0.6 is 0 Å². The first-order chi connectivity index (χ1) is 11.1. The Balaban J connectivity index is 2.13. The molecule has 1 N–H and O–H groups in total. The number of benzene rings is 1. The Bertz CT molecular complexity index is 863. The van der Waals surface area contributed by atoms with E-state index in [2.05, 4.69) is 9.97 Å². The van der Waals surface area contributed by atoms with E-state index in [4.69, 9.17) is 4.74 Å². The number of nitrogens with one attached hydrogen (secondary N) is 1. The molecular formula is C18H21N3O2. The van der Waals surface area contributed by atoms with Crippen molar-refractivity contribution < 1.29 is 4.74 Å². The van der Waals surface area contributed by atoms with E-state index >= 15 is 0 Å². The number of rotatable bonds is 5. The Labute approximate surface area is 134 Å². The van der Waals surface area contributed by atoms with Gasteiger partial charge in [-0.3, -0.25) is 9.36 Å². The lowest BCUT2D eigenvalue weighted by atomic mass is 10.2. The number of fused-ring (bicyclic) bond motifs is 1. The molecule has 3 rings (SSSR count). The van der Waals surface area contributed by atoms with Crippen LogP contribution in [-0.2, 0) is 11.3 Å². The van der Waals surface area contributed by atoms with Crippen molar-refractivity contribution in [1.29, 1.82) is 0 Å². The maximum atomic E-state index is 12.9. The highest BCUT2D eigenvalue weighted by Crippen LogP contribution is 2.19. The molecule has 0 bridgehead atoms. The number of H-pyrrole nitrogens is 1. The molecular weight excluding hydrogens is 290 g/mol. The third kappa shape index (κ3) is 3.19. The van der Waals surface area contributed by atoms with Gasteiger partial charge in [0.2, 0.25) is 0 Å². The number of ether oxygens (including phenoxy) is 1. The van der Waals surface area contributed by atoms with Crippen molar-refractivity contribution in [2.45, 2.75) is 33.4 Å². The molecule has 2 heterocycles. The molecule has 1 aromatic carbocycles. The smallest absolute Gasteiger partial charge is 0.263 e. The normalized spacial score (nSPS) is 11.5. The number of aromatic nitrogens is 3. The second-order valence-corrected chi connectivity index (χ2v) is 5.89. The fourth-order valence-electron chi connectivity index (χ4n) is 2.63.